The minimum Gasteiger partial charge on any atom is -0.348 e. The van der Waals surface area contributed by atoms with Crippen molar-refractivity contribution in [2.45, 2.75) is 25.1 Å². The first-order chi connectivity index (χ1) is 17.7. The third-order valence-electron chi connectivity index (χ3n) is 6.14. The Bertz CT molecular complexity index is 1370. The molecule has 1 aliphatic rings. The zero-order chi connectivity index (χ0) is 26.4. The summed E-state index contributed by atoms with van der Waals surface area (Å²) in [5.74, 6) is -1.61. The Hall–Kier alpha value is -2.98. The van der Waals surface area contributed by atoms with E-state index in [4.69, 9.17) is 23.2 Å². The van der Waals surface area contributed by atoms with Gasteiger partial charge in [-0.3, -0.25) is 14.6 Å². The molecule has 8 nitrogen and oxygen atoms in total. The summed E-state index contributed by atoms with van der Waals surface area (Å²) in [7, 11) is -3.76. The number of nitrogens with one attached hydrogen (secondary N) is 2. The highest BCUT2D eigenvalue weighted by molar-refractivity contribution is 7.88. The third kappa shape index (κ3) is 6.87. The lowest BCUT2D eigenvalue weighted by Gasteiger charge is -2.31. The molecule has 1 aromatic heterocycles. The van der Waals surface area contributed by atoms with Crippen LogP contribution >= 0.6 is 23.2 Å². The molecule has 4 rings (SSSR count). The maximum atomic E-state index is 13.1. The monoisotopic (exact) mass is 560 g/mol. The average Bonchev–Trinajstić information content (AvgIpc) is 2.90. The van der Waals surface area contributed by atoms with E-state index in [-0.39, 0.29) is 34.2 Å². The molecule has 2 aromatic carbocycles. The Morgan fingerprint density at radius 2 is 1.78 bits per heavy atom. The van der Waals surface area contributed by atoms with Crippen LogP contribution in [0.15, 0.2) is 67.0 Å². The number of benzene rings is 2. The van der Waals surface area contributed by atoms with E-state index in [1.54, 1.807) is 60.9 Å². The first kappa shape index (κ1) is 27.1. The number of halogens is 2. The van der Waals surface area contributed by atoms with Crippen molar-refractivity contribution in [2.75, 3.05) is 18.4 Å². The maximum absolute atomic E-state index is 13.1. The number of sulfonamides is 1. The molecule has 0 aliphatic carbocycles. The van der Waals surface area contributed by atoms with Crippen LogP contribution in [0, 0.1) is 5.92 Å². The second-order valence-electron chi connectivity index (χ2n) is 8.73. The largest absolute Gasteiger partial charge is 0.348 e. The molecule has 2 heterocycles. The first-order valence-electron chi connectivity index (χ1n) is 11.7. The topological polar surface area (TPSA) is 108 Å². The molecule has 2 amide bonds. The third-order valence-corrected chi connectivity index (χ3v) is 8.62. The lowest BCUT2D eigenvalue weighted by Crippen LogP contribution is -2.44. The lowest BCUT2D eigenvalue weighted by molar-refractivity contribution is -0.120. The average molecular weight is 561 g/mol. The van der Waals surface area contributed by atoms with Crippen LogP contribution in [-0.2, 0) is 27.1 Å². The van der Waals surface area contributed by atoms with Crippen LogP contribution in [0.5, 0.6) is 0 Å². The zero-order valence-corrected chi connectivity index (χ0v) is 22.2. The fraction of sp³-hybridized carbons (Fsp3) is 0.269. The van der Waals surface area contributed by atoms with E-state index in [9.17, 15) is 18.0 Å². The van der Waals surface area contributed by atoms with Gasteiger partial charge in [-0.2, -0.15) is 0 Å². The van der Waals surface area contributed by atoms with Crippen molar-refractivity contribution in [1.29, 1.82) is 0 Å². The highest BCUT2D eigenvalue weighted by Gasteiger charge is 2.33. The number of hydrogen-bond donors (Lipinski definition) is 2. The van der Waals surface area contributed by atoms with Crippen molar-refractivity contribution >= 4 is 50.7 Å². The lowest BCUT2D eigenvalue weighted by atomic mass is 9.98. The number of rotatable bonds is 8. The van der Waals surface area contributed by atoms with Gasteiger partial charge in [0.25, 0.3) is 5.91 Å². The molecule has 1 aliphatic heterocycles. The Labute approximate surface area is 226 Å². The van der Waals surface area contributed by atoms with Gasteiger partial charge in [-0.15, -0.1) is 0 Å². The van der Waals surface area contributed by atoms with Crippen molar-refractivity contribution in [3.8, 4) is 0 Å². The number of carbonyl (C=O) groups is 2. The molecule has 11 heteroatoms. The summed E-state index contributed by atoms with van der Waals surface area (Å²) in [6.07, 6.45) is 4.37. The van der Waals surface area contributed by atoms with Crippen molar-refractivity contribution in [3.63, 3.8) is 0 Å². The molecule has 0 radical (unpaired) electrons. The number of piperidine rings is 1. The summed E-state index contributed by atoms with van der Waals surface area (Å²) < 4.78 is 27.6. The SMILES string of the molecule is O=C(NCc1cccnc1)c1ccccc1NC(=O)[C@@H]1CCCN(S(=O)(=O)Cc2c(Cl)cccc2Cl)C1. The molecular weight excluding hydrogens is 535 g/mol. The summed E-state index contributed by atoms with van der Waals surface area (Å²) in [6.45, 7) is 0.632. The molecule has 1 saturated heterocycles. The fourth-order valence-corrected chi connectivity index (χ4v) is 6.52. The van der Waals surface area contributed by atoms with Gasteiger partial charge in [0.1, 0.15) is 0 Å². The number of anilines is 1. The van der Waals surface area contributed by atoms with Crippen LogP contribution in [0.1, 0.15) is 34.3 Å². The first-order valence-corrected chi connectivity index (χ1v) is 14.1. The Morgan fingerprint density at radius 3 is 2.51 bits per heavy atom. The van der Waals surface area contributed by atoms with Crippen LogP contribution in [0.2, 0.25) is 10.0 Å². The van der Waals surface area contributed by atoms with Crippen molar-refractivity contribution in [1.82, 2.24) is 14.6 Å². The minimum absolute atomic E-state index is 0.0333. The molecule has 3 aromatic rings. The standard InChI is InChI=1S/C26H26Cl2N4O4S/c27-22-9-3-10-23(28)21(22)17-37(35,36)32-13-5-7-19(16-32)25(33)31-24-11-2-1-8-20(24)26(34)30-15-18-6-4-12-29-14-18/h1-4,6,8-12,14,19H,5,7,13,15-17H2,(H,30,34)(H,31,33)/t19-/m1/s1. The van der Waals surface area contributed by atoms with Gasteiger partial charge in [0.15, 0.2) is 0 Å². The van der Waals surface area contributed by atoms with E-state index >= 15 is 0 Å². The van der Waals surface area contributed by atoms with Crippen LogP contribution in [0.4, 0.5) is 5.69 Å². The summed E-state index contributed by atoms with van der Waals surface area (Å²) in [5.41, 5.74) is 1.86. The van der Waals surface area contributed by atoms with E-state index in [1.807, 2.05) is 6.07 Å². The highest BCUT2D eigenvalue weighted by Crippen LogP contribution is 2.29. The number of hydrogen-bond acceptors (Lipinski definition) is 5. The van der Waals surface area contributed by atoms with E-state index in [1.165, 1.54) is 4.31 Å². The molecule has 2 N–H and O–H groups in total. The van der Waals surface area contributed by atoms with Gasteiger partial charge in [0, 0.05) is 47.6 Å². The Balaban J connectivity index is 1.42. The number of pyridine rings is 1. The van der Waals surface area contributed by atoms with Gasteiger partial charge >= 0.3 is 0 Å². The van der Waals surface area contributed by atoms with Crippen molar-refractivity contribution in [2.24, 2.45) is 5.92 Å². The fourth-order valence-electron chi connectivity index (χ4n) is 4.16. The Morgan fingerprint density at radius 1 is 1.03 bits per heavy atom. The van der Waals surface area contributed by atoms with Gasteiger partial charge in [-0.1, -0.05) is 47.5 Å². The Kier molecular flexibility index (Phi) is 8.81. The second-order valence-corrected chi connectivity index (χ2v) is 11.5. The maximum Gasteiger partial charge on any atom is 0.253 e. The summed E-state index contributed by atoms with van der Waals surface area (Å²) in [4.78, 5) is 30.0. The number of para-hydroxylation sites is 1. The predicted molar refractivity (Wildman–Crippen MR) is 144 cm³/mol. The summed E-state index contributed by atoms with van der Waals surface area (Å²) in [6, 6.07) is 15.2. The van der Waals surface area contributed by atoms with E-state index in [0.717, 1.165) is 5.56 Å². The predicted octanol–water partition coefficient (Wildman–Crippen LogP) is 4.50. The molecule has 1 atom stereocenters. The molecule has 1 fully saturated rings. The van der Waals surface area contributed by atoms with Gasteiger partial charge in [0.2, 0.25) is 15.9 Å². The summed E-state index contributed by atoms with van der Waals surface area (Å²) >= 11 is 12.3. The molecule has 0 unspecified atom stereocenters. The number of carbonyl (C=O) groups excluding carboxylic acids is 2. The molecule has 194 valence electrons. The van der Waals surface area contributed by atoms with Crippen molar-refractivity contribution in [3.05, 3.63) is 93.7 Å². The normalized spacial score (nSPS) is 16.2. The molecule has 0 saturated carbocycles. The van der Waals surface area contributed by atoms with Gasteiger partial charge in [0.05, 0.1) is 22.9 Å². The van der Waals surface area contributed by atoms with E-state index in [2.05, 4.69) is 15.6 Å². The number of amides is 2. The quantitative estimate of drug-likeness (QED) is 0.421. The minimum atomic E-state index is -3.76. The second kappa shape index (κ2) is 12.0. The van der Waals surface area contributed by atoms with E-state index < -0.39 is 15.9 Å². The van der Waals surface area contributed by atoms with Crippen LogP contribution in [-0.4, -0.2) is 42.6 Å². The van der Waals surface area contributed by atoms with Crippen LogP contribution in [0.25, 0.3) is 0 Å². The molecule has 37 heavy (non-hydrogen) atoms. The van der Waals surface area contributed by atoms with E-state index in [0.29, 0.717) is 42.7 Å². The summed E-state index contributed by atoms with van der Waals surface area (Å²) in [5, 5.41) is 6.21. The van der Waals surface area contributed by atoms with Gasteiger partial charge < -0.3 is 10.6 Å². The van der Waals surface area contributed by atoms with Gasteiger partial charge in [-0.05, 0) is 48.7 Å². The smallest absolute Gasteiger partial charge is 0.253 e. The molecule has 0 bridgehead atoms. The van der Waals surface area contributed by atoms with Crippen molar-refractivity contribution < 1.29 is 18.0 Å². The molecule has 0 spiro atoms. The van der Waals surface area contributed by atoms with Crippen LogP contribution in [0.3, 0.4) is 0 Å². The molecular formula is C26H26Cl2N4O4S. The number of nitrogens with zero attached hydrogens (tertiary/aromatic N) is 2. The van der Waals surface area contributed by atoms with Crippen LogP contribution < -0.4 is 10.6 Å². The highest BCUT2D eigenvalue weighted by atomic mass is 35.5. The number of aromatic nitrogens is 1. The van der Waals surface area contributed by atoms with Gasteiger partial charge in [-0.25, -0.2) is 12.7 Å². The zero-order valence-electron chi connectivity index (χ0n) is 19.9.